The molecule has 0 spiro atoms. The molecule has 2 heterocycles. The smallest absolute Gasteiger partial charge is 0.238 e. The number of thioether (sulfide) groups is 1. The second kappa shape index (κ2) is 5.16. The molecule has 1 amide bonds. The summed E-state index contributed by atoms with van der Waals surface area (Å²) < 4.78 is 5.74. The number of carbonyl (C=O) groups excluding carboxylic acids is 1. The average molecular weight is 256 g/mol. The van der Waals surface area contributed by atoms with Gasteiger partial charge in [-0.15, -0.1) is 0 Å². The molecule has 3 aliphatic rings. The molecule has 2 aliphatic heterocycles. The third-order valence-electron chi connectivity index (χ3n) is 3.79. The zero-order valence-corrected chi connectivity index (χ0v) is 10.8. The van der Waals surface area contributed by atoms with Crippen molar-refractivity contribution in [1.29, 1.82) is 0 Å². The maximum Gasteiger partial charge on any atom is 0.238 e. The molecule has 4 nitrogen and oxygen atoms in total. The molecule has 0 aromatic rings. The minimum atomic E-state index is -0.00537. The Hall–Kier alpha value is -0.260. The lowest BCUT2D eigenvalue weighted by Gasteiger charge is -2.26. The lowest BCUT2D eigenvalue weighted by Crippen LogP contribution is -2.53. The van der Waals surface area contributed by atoms with Gasteiger partial charge in [-0.25, -0.2) is 0 Å². The molecule has 5 heteroatoms. The fraction of sp³-hybridized carbons (Fsp3) is 0.917. The van der Waals surface area contributed by atoms with Crippen molar-refractivity contribution in [2.75, 3.05) is 24.7 Å². The summed E-state index contributed by atoms with van der Waals surface area (Å²) in [6.45, 7) is 1.74. The lowest BCUT2D eigenvalue weighted by atomic mass is 10.1. The van der Waals surface area contributed by atoms with Crippen molar-refractivity contribution < 1.29 is 9.53 Å². The molecular formula is C12H20N2O2S. The maximum absolute atomic E-state index is 12.1. The predicted octanol–water partition coefficient (Wildman–Crippen LogP) is 0.375. The molecule has 0 bridgehead atoms. The molecule has 1 aliphatic carbocycles. The van der Waals surface area contributed by atoms with Crippen LogP contribution in [0.2, 0.25) is 0 Å². The van der Waals surface area contributed by atoms with Gasteiger partial charge in [0.2, 0.25) is 5.91 Å². The van der Waals surface area contributed by atoms with E-state index in [1.54, 1.807) is 0 Å². The van der Waals surface area contributed by atoms with Crippen molar-refractivity contribution in [1.82, 2.24) is 10.6 Å². The van der Waals surface area contributed by atoms with E-state index in [4.69, 9.17) is 4.74 Å². The van der Waals surface area contributed by atoms with Gasteiger partial charge in [0.25, 0.3) is 0 Å². The van der Waals surface area contributed by atoms with Crippen molar-refractivity contribution >= 4 is 17.7 Å². The molecule has 3 atom stereocenters. The van der Waals surface area contributed by atoms with Crippen molar-refractivity contribution in [2.45, 2.75) is 37.5 Å². The van der Waals surface area contributed by atoms with Crippen LogP contribution >= 0.6 is 11.8 Å². The number of nitrogens with one attached hydrogen (secondary N) is 2. The fourth-order valence-corrected chi connectivity index (χ4v) is 3.61. The fourth-order valence-electron chi connectivity index (χ4n) is 2.67. The molecule has 17 heavy (non-hydrogen) atoms. The van der Waals surface area contributed by atoms with E-state index in [1.165, 1.54) is 12.8 Å². The summed E-state index contributed by atoms with van der Waals surface area (Å²) in [6.07, 6.45) is 3.81. The van der Waals surface area contributed by atoms with Crippen molar-refractivity contribution in [3.05, 3.63) is 0 Å². The molecule has 0 aromatic carbocycles. The van der Waals surface area contributed by atoms with Gasteiger partial charge in [-0.1, -0.05) is 0 Å². The Labute approximate surface area is 106 Å². The van der Waals surface area contributed by atoms with E-state index in [-0.39, 0.29) is 24.1 Å². The first-order valence-corrected chi connectivity index (χ1v) is 7.73. The molecule has 2 saturated heterocycles. The van der Waals surface area contributed by atoms with E-state index in [0.717, 1.165) is 31.1 Å². The van der Waals surface area contributed by atoms with Crippen molar-refractivity contribution in [2.24, 2.45) is 5.92 Å². The van der Waals surface area contributed by atoms with E-state index in [2.05, 4.69) is 10.6 Å². The van der Waals surface area contributed by atoms with Gasteiger partial charge < -0.3 is 15.4 Å². The Morgan fingerprint density at radius 1 is 1.35 bits per heavy atom. The van der Waals surface area contributed by atoms with Crippen LogP contribution in [0.1, 0.15) is 19.3 Å². The SMILES string of the molecule is O=C(NC1CCOC1C1CC1)C1CSCCN1. The van der Waals surface area contributed by atoms with Crippen LogP contribution < -0.4 is 10.6 Å². The van der Waals surface area contributed by atoms with Crippen LogP contribution in [0.25, 0.3) is 0 Å². The highest BCUT2D eigenvalue weighted by molar-refractivity contribution is 7.99. The van der Waals surface area contributed by atoms with Gasteiger partial charge in [0, 0.05) is 24.7 Å². The largest absolute Gasteiger partial charge is 0.376 e. The van der Waals surface area contributed by atoms with Gasteiger partial charge in [0.15, 0.2) is 0 Å². The van der Waals surface area contributed by atoms with Crippen LogP contribution in [0.5, 0.6) is 0 Å². The number of amides is 1. The van der Waals surface area contributed by atoms with Gasteiger partial charge in [0.1, 0.15) is 0 Å². The van der Waals surface area contributed by atoms with Crippen molar-refractivity contribution in [3.63, 3.8) is 0 Å². The van der Waals surface area contributed by atoms with Gasteiger partial charge in [-0.3, -0.25) is 4.79 Å². The van der Waals surface area contributed by atoms with Crippen LogP contribution in [0.4, 0.5) is 0 Å². The average Bonchev–Trinajstić information content (AvgIpc) is 3.11. The van der Waals surface area contributed by atoms with E-state index in [1.807, 2.05) is 11.8 Å². The van der Waals surface area contributed by atoms with E-state index < -0.39 is 0 Å². The third-order valence-corrected chi connectivity index (χ3v) is 4.85. The zero-order valence-electron chi connectivity index (χ0n) is 9.98. The Morgan fingerprint density at radius 2 is 2.24 bits per heavy atom. The normalized spacial score (nSPS) is 38.0. The van der Waals surface area contributed by atoms with Crippen LogP contribution in [-0.4, -0.2) is 48.8 Å². The Kier molecular flexibility index (Phi) is 3.59. The molecule has 0 aromatic heterocycles. The summed E-state index contributed by atoms with van der Waals surface area (Å²) in [5.74, 6) is 2.88. The highest BCUT2D eigenvalue weighted by Crippen LogP contribution is 2.38. The van der Waals surface area contributed by atoms with E-state index in [0.29, 0.717) is 5.92 Å². The van der Waals surface area contributed by atoms with Crippen LogP contribution in [-0.2, 0) is 9.53 Å². The molecule has 0 radical (unpaired) electrons. The quantitative estimate of drug-likeness (QED) is 0.766. The van der Waals surface area contributed by atoms with Crippen LogP contribution in [0, 0.1) is 5.92 Å². The second-order valence-electron chi connectivity index (χ2n) is 5.16. The number of rotatable bonds is 3. The molecule has 1 saturated carbocycles. The molecule has 3 fully saturated rings. The third kappa shape index (κ3) is 2.77. The number of carbonyl (C=O) groups is 1. The first kappa shape index (κ1) is 11.8. The Balaban J connectivity index is 1.52. The summed E-state index contributed by atoms with van der Waals surface area (Å²) >= 11 is 1.85. The van der Waals surface area contributed by atoms with E-state index in [9.17, 15) is 4.79 Å². The molecule has 3 unspecified atom stereocenters. The highest BCUT2D eigenvalue weighted by atomic mass is 32.2. The predicted molar refractivity (Wildman–Crippen MR) is 68.1 cm³/mol. The molecule has 2 N–H and O–H groups in total. The molecular weight excluding hydrogens is 236 g/mol. The summed E-state index contributed by atoms with van der Waals surface area (Å²) in [6, 6.07) is 0.248. The highest BCUT2D eigenvalue weighted by Gasteiger charge is 2.41. The second-order valence-corrected chi connectivity index (χ2v) is 6.31. The standard InChI is InChI=1S/C12H20N2O2S/c15-12(10-7-17-6-4-13-10)14-9-3-5-16-11(9)8-1-2-8/h8-11,13H,1-7H2,(H,14,15). The Bertz CT molecular complexity index is 290. The minimum Gasteiger partial charge on any atom is -0.376 e. The molecule has 3 rings (SSSR count). The van der Waals surface area contributed by atoms with Crippen molar-refractivity contribution in [3.8, 4) is 0 Å². The number of hydrogen-bond acceptors (Lipinski definition) is 4. The summed E-state index contributed by atoms with van der Waals surface area (Å²) in [7, 11) is 0. The Morgan fingerprint density at radius 3 is 2.94 bits per heavy atom. The summed E-state index contributed by atoms with van der Waals surface area (Å²) in [5.41, 5.74) is 0. The minimum absolute atomic E-state index is 0.00537. The number of ether oxygens (including phenoxy) is 1. The first-order chi connectivity index (χ1) is 8.34. The zero-order chi connectivity index (χ0) is 11.7. The van der Waals surface area contributed by atoms with Gasteiger partial charge in [-0.2, -0.15) is 11.8 Å². The van der Waals surface area contributed by atoms with Gasteiger partial charge >= 0.3 is 0 Å². The summed E-state index contributed by atoms with van der Waals surface area (Å²) in [5, 5.41) is 6.46. The van der Waals surface area contributed by atoms with Gasteiger partial charge in [0.05, 0.1) is 18.2 Å². The summed E-state index contributed by atoms with van der Waals surface area (Å²) in [4.78, 5) is 12.1. The maximum atomic E-state index is 12.1. The van der Waals surface area contributed by atoms with Crippen LogP contribution in [0.3, 0.4) is 0 Å². The van der Waals surface area contributed by atoms with E-state index >= 15 is 0 Å². The molecule has 96 valence electrons. The monoisotopic (exact) mass is 256 g/mol. The lowest BCUT2D eigenvalue weighted by molar-refractivity contribution is -0.123. The first-order valence-electron chi connectivity index (χ1n) is 6.58. The van der Waals surface area contributed by atoms with Crippen LogP contribution in [0.15, 0.2) is 0 Å². The topological polar surface area (TPSA) is 50.4 Å². The number of hydrogen-bond donors (Lipinski definition) is 2. The van der Waals surface area contributed by atoms with Gasteiger partial charge in [-0.05, 0) is 25.2 Å².